The van der Waals surface area contributed by atoms with Crippen LogP contribution < -0.4 is 4.74 Å². The minimum Gasteiger partial charge on any atom is -0.481 e. The minimum absolute atomic E-state index is 0.0127. The molecule has 2 heterocycles. The van der Waals surface area contributed by atoms with Gasteiger partial charge >= 0.3 is 12.1 Å². The minimum atomic E-state index is -4.67. The maximum Gasteiger partial charge on any atom is 0.470 e. The largest absolute Gasteiger partial charge is 0.481 e. The first-order valence-electron chi connectivity index (χ1n) is 7.90. The van der Waals surface area contributed by atoms with Gasteiger partial charge in [-0.15, -0.1) is 10.2 Å². The molecule has 10 heteroatoms. The highest BCUT2D eigenvalue weighted by atomic mass is 19.4. The lowest BCUT2D eigenvalue weighted by atomic mass is 9.97. The molecule has 0 N–H and O–H groups in total. The van der Waals surface area contributed by atoms with Crippen molar-refractivity contribution in [3.8, 4) is 5.75 Å². The van der Waals surface area contributed by atoms with E-state index in [0.29, 0.717) is 25.9 Å². The molecule has 6 nitrogen and oxygen atoms in total. The van der Waals surface area contributed by atoms with E-state index in [0.717, 1.165) is 0 Å². The highest BCUT2D eigenvalue weighted by Crippen LogP contribution is 2.32. The molecule has 26 heavy (non-hydrogen) atoms. The van der Waals surface area contributed by atoms with E-state index in [1.165, 1.54) is 23.1 Å². The van der Waals surface area contributed by atoms with Crippen molar-refractivity contribution in [3.63, 3.8) is 0 Å². The third kappa shape index (κ3) is 4.12. The van der Waals surface area contributed by atoms with Gasteiger partial charge in [-0.3, -0.25) is 4.79 Å². The summed E-state index contributed by atoms with van der Waals surface area (Å²) in [7, 11) is 0. The van der Waals surface area contributed by atoms with Gasteiger partial charge in [0, 0.05) is 19.0 Å². The van der Waals surface area contributed by atoms with Gasteiger partial charge in [-0.05, 0) is 25.0 Å². The fourth-order valence-electron chi connectivity index (χ4n) is 2.68. The summed E-state index contributed by atoms with van der Waals surface area (Å²) in [6.45, 7) is 0.312. The third-order valence-corrected chi connectivity index (χ3v) is 4.07. The Kier molecular flexibility index (Phi) is 5.10. The number of nitrogens with zero attached hydrogens (tertiary/aromatic N) is 3. The third-order valence-electron chi connectivity index (χ3n) is 4.07. The van der Waals surface area contributed by atoms with Crippen LogP contribution in [0.3, 0.4) is 0 Å². The lowest BCUT2D eigenvalue weighted by Crippen LogP contribution is -2.40. The maximum atomic E-state index is 13.5. The van der Waals surface area contributed by atoms with E-state index in [9.17, 15) is 22.4 Å². The molecule has 0 atom stereocenters. The summed E-state index contributed by atoms with van der Waals surface area (Å²) in [5, 5.41) is 6.47. The van der Waals surface area contributed by atoms with Crippen molar-refractivity contribution in [3.05, 3.63) is 41.9 Å². The van der Waals surface area contributed by atoms with Crippen LogP contribution in [0.5, 0.6) is 5.75 Å². The number of ether oxygens (including phenoxy) is 1. The molecule has 1 aromatic carbocycles. The van der Waals surface area contributed by atoms with Crippen molar-refractivity contribution in [2.45, 2.75) is 24.9 Å². The van der Waals surface area contributed by atoms with Crippen LogP contribution in [0.2, 0.25) is 0 Å². The summed E-state index contributed by atoms with van der Waals surface area (Å²) in [4.78, 5) is 13.7. The van der Waals surface area contributed by atoms with Crippen molar-refractivity contribution in [1.29, 1.82) is 0 Å². The topological polar surface area (TPSA) is 68.5 Å². The quantitative estimate of drug-likeness (QED) is 0.771. The summed E-state index contributed by atoms with van der Waals surface area (Å²) in [6, 6.07) is 5.75. The second-order valence-corrected chi connectivity index (χ2v) is 5.82. The number of aromatic nitrogens is 2. The summed E-state index contributed by atoms with van der Waals surface area (Å²) >= 11 is 0. The van der Waals surface area contributed by atoms with Crippen LogP contribution in [-0.4, -0.2) is 40.7 Å². The van der Waals surface area contributed by atoms with E-state index in [1.807, 2.05) is 0 Å². The Labute approximate surface area is 145 Å². The molecule has 0 spiro atoms. The fourth-order valence-corrected chi connectivity index (χ4v) is 2.68. The lowest BCUT2D eigenvalue weighted by molar-refractivity contribution is -0.157. The van der Waals surface area contributed by atoms with E-state index in [2.05, 4.69) is 14.6 Å². The van der Waals surface area contributed by atoms with Crippen molar-refractivity contribution >= 4 is 5.91 Å². The number of halogens is 4. The second kappa shape index (κ2) is 7.30. The molecule has 1 amide bonds. The van der Waals surface area contributed by atoms with Crippen LogP contribution in [0, 0.1) is 5.82 Å². The summed E-state index contributed by atoms with van der Waals surface area (Å²) in [6.07, 6.45) is -3.89. The molecular formula is C16H15F4N3O3. The molecule has 1 saturated heterocycles. The molecule has 1 aromatic heterocycles. The maximum absolute atomic E-state index is 13.5. The molecule has 1 aliphatic rings. The molecule has 1 aliphatic heterocycles. The molecule has 140 valence electrons. The Hall–Kier alpha value is -2.65. The highest BCUT2D eigenvalue weighted by molar-refractivity contribution is 5.77. The van der Waals surface area contributed by atoms with Crippen LogP contribution >= 0.6 is 0 Å². The first kappa shape index (κ1) is 18.2. The predicted molar refractivity (Wildman–Crippen MR) is 79.8 cm³/mol. The second-order valence-electron chi connectivity index (χ2n) is 5.82. The number of benzene rings is 1. The number of hydrogen-bond acceptors (Lipinski definition) is 5. The Balaban J connectivity index is 1.51. The summed E-state index contributed by atoms with van der Waals surface area (Å²) < 4.78 is 60.8. The predicted octanol–water partition coefficient (Wildman–Crippen LogP) is 3.01. The number of para-hydroxylation sites is 1. The first-order valence-corrected chi connectivity index (χ1v) is 7.90. The average Bonchev–Trinajstić information content (AvgIpc) is 3.11. The van der Waals surface area contributed by atoms with Crippen LogP contribution in [0.15, 0.2) is 28.7 Å². The van der Waals surface area contributed by atoms with Gasteiger partial charge in [0.05, 0.1) is 0 Å². The van der Waals surface area contributed by atoms with Crippen LogP contribution in [0.25, 0.3) is 0 Å². The van der Waals surface area contributed by atoms with E-state index in [4.69, 9.17) is 4.74 Å². The number of rotatable bonds is 4. The Morgan fingerprint density at radius 3 is 2.54 bits per heavy atom. The monoisotopic (exact) mass is 373 g/mol. The van der Waals surface area contributed by atoms with Crippen molar-refractivity contribution in [1.82, 2.24) is 15.1 Å². The summed E-state index contributed by atoms with van der Waals surface area (Å²) in [5.74, 6) is -2.68. The average molecular weight is 373 g/mol. The van der Waals surface area contributed by atoms with Gasteiger partial charge in [0.1, 0.15) is 0 Å². The van der Waals surface area contributed by atoms with Gasteiger partial charge in [0.25, 0.3) is 5.91 Å². The van der Waals surface area contributed by atoms with Gasteiger partial charge < -0.3 is 14.1 Å². The zero-order chi connectivity index (χ0) is 18.7. The summed E-state index contributed by atoms with van der Waals surface area (Å²) in [5.41, 5.74) is 0. The standard InChI is InChI=1S/C16H15F4N3O3/c17-11-3-1-2-4-12(11)25-9-13(24)23-7-5-10(6-8-23)14-21-22-15(26-14)16(18,19)20/h1-4,10H,5-9H2. The van der Waals surface area contributed by atoms with Gasteiger partial charge in [-0.25, -0.2) is 4.39 Å². The lowest BCUT2D eigenvalue weighted by Gasteiger charge is -2.30. The van der Waals surface area contributed by atoms with Crippen LogP contribution in [-0.2, 0) is 11.0 Å². The molecule has 1 fully saturated rings. The van der Waals surface area contributed by atoms with Crippen molar-refractivity contribution in [2.75, 3.05) is 19.7 Å². The van der Waals surface area contributed by atoms with Crippen LogP contribution in [0.1, 0.15) is 30.5 Å². The van der Waals surface area contributed by atoms with Gasteiger partial charge in [-0.2, -0.15) is 13.2 Å². The van der Waals surface area contributed by atoms with Crippen molar-refractivity contribution < 1.29 is 31.5 Å². The Morgan fingerprint density at radius 2 is 1.92 bits per heavy atom. The molecule has 3 rings (SSSR count). The molecule has 0 aliphatic carbocycles. The van der Waals surface area contributed by atoms with E-state index in [-0.39, 0.29) is 30.1 Å². The highest BCUT2D eigenvalue weighted by Gasteiger charge is 2.39. The number of carbonyl (C=O) groups excluding carboxylic acids is 1. The number of carbonyl (C=O) groups is 1. The molecule has 2 aromatic rings. The molecule has 0 bridgehead atoms. The number of likely N-dealkylation sites (tertiary alicyclic amines) is 1. The zero-order valence-electron chi connectivity index (χ0n) is 13.5. The number of piperidine rings is 1. The van der Waals surface area contributed by atoms with Crippen LogP contribution in [0.4, 0.5) is 17.6 Å². The smallest absolute Gasteiger partial charge is 0.470 e. The number of amides is 1. The van der Waals surface area contributed by atoms with Gasteiger partial charge in [0.15, 0.2) is 18.2 Å². The van der Waals surface area contributed by atoms with Crippen molar-refractivity contribution in [2.24, 2.45) is 0 Å². The molecular weight excluding hydrogens is 358 g/mol. The van der Waals surface area contributed by atoms with E-state index >= 15 is 0 Å². The normalized spacial score (nSPS) is 15.9. The van der Waals surface area contributed by atoms with Gasteiger partial charge in [-0.1, -0.05) is 12.1 Å². The number of alkyl halides is 3. The van der Waals surface area contributed by atoms with E-state index in [1.54, 1.807) is 6.07 Å². The molecule has 0 radical (unpaired) electrons. The molecule has 0 unspecified atom stereocenters. The molecule has 0 saturated carbocycles. The van der Waals surface area contributed by atoms with Gasteiger partial charge in [0.2, 0.25) is 5.89 Å². The zero-order valence-corrected chi connectivity index (χ0v) is 13.5. The van der Waals surface area contributed by atoms with E-state index < -0.39 is 17.9 Å². The first-order chi connectivity index (χ1) is 12.3. The number of hydrogen-bond donors (Lipinski definition) is 0. The SMILES string of the molecule is O=C(COc1ccccc1F)N1CCC(c2nnc(C(F)(F)F)o2)CC1. The Bertz CT molecular complexity index is 770. The Morgan fingerprint density at radius 1 is 1.23 bits per heavy atom. The fraction of sp³-hybridized carbons (Fsp3) is 0.438.